The van der Waals surface area contributed by atoms with Gasteiger partial charge in [-0.1, -0.05) is 25.5 Å². The van der Waals surface area contributed by atoms with Crippen molar-refractivity contribution in [2.45, 2.75) is 20.8 Å². The second-order valence-corrected chi connectivity index (χ2v) is 3.40. The van der Waals surface area contributed by atoms with Gasteiger partial charge in [0.15, 0.2) is 5.43 Å². The maximum atomic E-state index is 11.6. The summed E-state index contributed by atoms with van der Waals surface area (Å²) in [4.78, 5) is 25.0. The molecule has 2 aromatic rings. The van der Waals surface area contributed by atoms with Crippen LogP contribution >= 0.6 is 0 Å². The number of carbonyl (C=O) groups is 1. The van der Waals surface area contributed by atoms with E-state index in [1.807, 2.05) is 26.8 Å². The van der Waals surface area contributed by atoms with Gasteiger partial charge in [0.1, 0.15) is 5.69 Å². The van der Waals surface area contributed by atoms with E-state index in [1.54, 1.807) is 12.1 Å². The molecule has 0 saturated carbocycles. The van der Waals surface area contributed by atoms with E-state index < -0.39 is 5.97 Å². The molecule has 0 fully saturated rings. The summed E-state index contributed by atoms with van der Waals surface area (Å²) >= 11 is 0. The van der Waals surface area contributed by atoms with Crippen molar-refractivity contribution >= 4 is 16.9 Å². The average molecular weight is 233 g/mol. The predicted octanol–water partition coefficient (Wildman–Crippen LogP) is 2.56. The molecule has 0 amide bonds. The maximum absolute atomic E-state index is 11.6. The summed E-state index contributed by atoms with van der Waals surface area (Å²) in [5.74, 6) is -1.13. The van der Waals surface area contributed by atoms with Gasteiger partial charge >= 0.3 is 5.97 Å². The maximum Gasteiger partial charge on any atom is 0.352 e. The van der Waals surface area contributed by atoms with Crippen LogP contribution in [0.15, 0.2) is 29.1 Å². The van der Waals surface area contributed by atoms with Gasteiger partial charge in [0.05, 0.1) is 0 Å². The van der Waals surface area contributed by atoms with Crippen LogP contribution in [0.4, 0.5) is 0 Å². The molecule has 2 rings (SSSR count). The Bertz CT molecular complexity index is 599. The number of H-pyrrole nitrogens is 1. The zero-order valence-corrected chi connectivity index (χ0v) is 10.1. The van der Waals surface area contributed by atoms with Crippen molar-refractivity contribution in [2.75, 3.05) is 0 Å². The van der Waals surface area contributed by atoms with Gasteiger partial charge in [0.25, 0.3) is 0 Å². The Balaban J connectivity index is 0.000000686. The molecular weight excluding hydrogens is 218 g/mol. The smallest absolute Gasteiger partial charge is 0.352 e. The van der Waals surface area contributed by atoms with E-state index in [-0.39, 0.29) is 11.1 Å². The molecule has 0 unspecified atom stereocenters. The summed E-state index contributed by atoms with van der Waals surface area (Å²) in [6.45, 7) is 5.88. The van der Waals surface area contributed by atoms with Gasteiger partial charge in [-0.3, -0.25) is 4.79 Å². The predicted molar refractivity (Wildman–Crippen MR) is 67.6 cm³/mol. The monoisotopic (exact) mass is 233 g/mol. The molecule has 0 bridgehead atoms. The molecule has 0 saturated heterocycles. The second kappa shape index (κ2) is 5.30. The van der Waals surface area contributed by atoms with Crippen molar-refractivity contribution in [2.24, 2.45) is 0 Å². The molecular formula is C13H15NO3. The SMILES string of the molecule is CC.Cc1ccc2[nH]c(C(=O)O)cc(=O)c2c1. The first kappa shape index (κ1) is 13.0. The number of aryl methyl sites for hydroxylation is 1. The lowest BCUT2D eigenvalue weighted by atomic mass is 10.1. The quantitative estimate of drug-likeness (QED) is 0.795. The van der Waals surface area contributed by atoms with Crippen molar-refractivity contribution < 1.29 is 9.90 Å². The van der Waals surface area contributed by atoms with Gasteiger partial charge in [-0.2, -0.15) is 0 Å². The Kier molecular flexibility index (Phi) is 4.04. The molecule has 0 atom stereocenters. The van der Waals surface area contributed by atoms with E-state index in [1.165, 1.54) is 0 Å². The van der Waals surface area contributed by atoms with Crippen LogP contribution in [0.1, 0.15) is 29.9 Å². The second-order valence-electron chi connectivity index (χ2n) is 3.40. The van der Waals surface area contributed by atoms with Gasteiger partial charge in [-0.05, 0) is 19.1 Å². The highest BCUT2D eigenvalue weighted by atomic mass is 16.4. The number of carboxylic acid groups (broad SMARTS) is 1. The van der Waals surface area contributed by atoms with E-state index in [2.05, 4.69) is 4.98 Å². The summed E-state index contributed by atoms with van der Waals surface area (Å²) in [5.41, 5.74) is 1.16. The van der Waals surface area contributed by atoms with Gasteiger partial charge in [0, 0.05) is 17.0 Å². The molecule has 1 aromatic carbocycles. The molecule has 2 N–H and O–H groups in total. The third kappa shape index (κ3) is 2.72. The molecule has 0 spiro atoms. The Morgan fingerprint density at radius 2 is 1.88 bits per heavy atom. The number of aromatic amines is 1. The highest BCUT2D eigenvalue weighted by Gasteiger charge is 2.07. The third-order valence-electron chi connectivity index (χ3n) is 2.22. The number of aromatic nitrogens is 1. The van der Waals surface area contributed by atoms with Crippen LogP contribution in [-0.4, -0.2) is 16.1 Å². The van der Waals surface area contributed by atoms with Gasteiger partial charge in [-0.15, -0.1) is 0 Å². The summed E-state index contributed by atoms with van der Waals surface area (Å²) < 4.78 is 0. The molecule has 90 valence electrons. The first-order chi connectivity index (χ1) is 8.08. The lowest BCUT2D eigenvalue weighted by Gasteiger charge is -2.01. The number of hydrogen-bond acceptors (Lipinski definition) is 2. The lowest BCUT2D eigenvalue weighted by molar-refractivity contribution is 0.0691. The van der Waals surface area contributed by atoms with Crippen LogP contribution in [0.3, 0.4) is 0 Å². The summed E-state index contributed by atoms with van der Waals surface area (Å²) in [7, 11) is 0. The zero-order valence-electron chi connectivity index (χ0n) is 10.1. The third-order valence-corrected chi connectivity index (χ3v) is 2.22. The fourth-order valence-corrected chi connectivity index (χ4v) is 1.48. The molecule has 0 aliphatic heterocycles. The number of fused-ring (bicyclic) bond motifs is 1. The minimum atomic E-state index is -1.13. The van der Waals surface area contributed by atoms with E-state index in [0.717, 1.165) is 11.6 Å². The van der Waals surface area contributed by atoms with Crippen LogP contribution in [0.5, 0.6) is 0 Å². The van der Waals surface area contributed by atoms with Crippen molar-refractivity contribution in [3.05, 3.63) is 45.7 Å². The Morgan fingerprint density at radius 3 is 2.47 bits per heavy atom. The molecule has 1 aromatic heterocycles. The van der Waals surface area contributed by atoms with Crippen molar-refractivity contribution in [1.29, 1.82) is 0 Å². The Labute approximate surface area is 98.9 Å². The number of hydrogen-bond donors (Lipinski definition) is 2. The van der Waals surface area contributed by atoms with Gasteiger partial charge in [0.2, 0.25) is 0 Å². The van der Waals surface area contributed by atoms with Gasteiger partial charge in [-0.25, -0.2) is 4.79 Å². The van der Waals surface area contributed by atoms with Crippen molar-refractivity contribution in [3.63, 3.8) is 0 Å². The number of aromatic carboxylic acids is 1. The molecule has 4 nitrogen and oxygen atoms in total. The largest absolute Gasteiger partial charge is 0.477 e. The molecule has 0 aliphatic rings. The van der Waals surface area contributed by atoms with E-state index >= 15 is 0 Å². The fourth-order valence-electron chi connectivity index (χ4n) is 1.48. The average Bonchev–Trinajstić information content (AvgIpc) is 2.32. The molecule has 4 heteroatoms. The minimum Gasteiger partial charge on any atom is -0.477 e. The highest BCUT2D eigenvalue weighted by Crippen LogP contribution is 2.10. The normalized spacial score (nSPS) is 9.59. The fraction of sp³-hybridized carbons (Fsp3) is 0.231. The minimum absolute atomic E-state index is 0.0867. The van der Waals surface area contributed by atoms with Gasteiger partial charge < -0.3 is 10.1 Å². The molecule has 0 radical (unpaired) electrons. The van der Waals surface area contributed by atoms with Crippen molar-refractivity contribution in [3.8, 4) is 0 Å². The number of nitrogens with one attached hydrogen (secondary N) is 1. The number of benzene rings is 1. The van der Waals surface area contributed by atoms with E-state index in [4.69, 9.17) is 5.11 Å². The topological polar surface area (TPSA) is 70.2 Å². The van der Waals surface area contributed by atoms with E-state index in [0.29, 0.717) is 10.9 Å². The Morgan fingerprint density at radius 1 is 1.24 bits per heavy atom. The summed E-state index contributed by atoms with van der Waals surface area (Å²) in [5, 5.41) is 9.27. The van der Waals surface area contributed by atoms with Crippen LogP contribution in [0.25, 0.3) is 10.9 Å². The number of carboxylic acids is 1. The molecule has 0 aliphatic carbocycles. The Hall–Kier alpha value is -2.10. The lowest BCUT2D eigenvalue weighted by Crippen LogP contribution is -2.09. The van der Waals surface area contributed by atoms with Crippen molar-refractivity contribution in [1.82, 2.24) is 4.98 Å². The first-order valence-corrected chi connectivity index (χ1v) is 5.45. The van der Waals surface area contributed by atoms with Crippen LogP contribution < -0.4 is 5.43 Å². The number of pyridine rings is 1. The van der Waals surface area contributed by atoms with Crippen LogP contribution in [0.2, 0.25) is 0 Å². The summed E-state index contributed by atoms with van der Waals surface area (Å²) in [6.07, 6.45) is 0. The highest BCUT2D eigenvalue weighted by molar-refractivity contribution is 5.89. The van der Waals surface area contributed by atoms with Crippen LogP contribution in [0, 0.1) is 6.92 Å². The van der Waals surface area contributed by atoms with E-state index in [9.17, 15) is 9.59 Å². The zero-order chi connectivity index (χ0) is 13.0. The molecule has 1 heterocycles. The summed E-state index contributed by atoms with van der Waals surface area (Å²) in [6, 6.07) is 6.37. The van der Waals surface area contributed by atoms with Crippen LogP contribution in [-0.2, 0) is 0 Å². The number of rotatable bonds is 1. The molecule has 17 heavy (non-hydrogen) atoms. The first-order valence-electron chi connectivity index (χ1n) is 5.45. The standard InChI is InChI=1S/C11H9NO3.C2H6/c1-6-2-3-8-7(4-6)10(13)5-9(12-8)11(14)15;1-2/h2-5H,1H3,(H,12,13)(H,14,15);1-2H3.